The number of piperidine rings is 1. The lowest BCUT2D eigenvalue weighted by Crippen LogP contribution is -2.55. The molecule has 2 fully saturated rings. The highest BCUT2D eigenvalue weighted by Crippen LogP contribution is 2.34. The molecule has 2 aliphatic heterocycles. The van der Waals surface area contributed by atoms with Crippen molar-refractivity contribution in [3.05, 3.63) is 0 Å². The lowest BCUT2D eigenvalue weighted by Gasteiger charge is -2.42. The van der Waals surface area contributed by atoms with Crippen molar-refractivity contribution in [1.29, 1.82) is 0 Å². The van der Waals surface area contributed by atoms with Gasteiger partial charge in [0.05, 0.1) is 17.4 Å². The van der Waals surface area contributed by atoms with Gasteiger partial charge in [0.2, 0.25) is 11.8 Å². The maximum Gasteiger partial charge on any atom is 0.230 e. The zero-order valence-electron chi connectivity index (χ0n) is 11.9. The van der Waals surface area contributed by atoms with Crippen molar-refractivity contribution in [2.24, 2.45) is 17.1 Å². The highest BCUT2D eigenvalue weighted by Gasteiger charge is 2.46. The molecule has 0 aromatic rings. The van der Waals surface area contributed by atoms with E-state index in [1.54, 1.807) is 0 Å². The number of fused-ring (bicyclic) bond motifs is 1. The molecule has 2 amide bonds. The fourth-order valence-electron chi connectivity index (χ4n) is 3.44. The highest BCUT2D eigenvalue weighted by atomic mass is 16.2. The third-order valence-electron chi connectivity index (χ3n) is 5.06. The van der Waals surface area contributed by atoms with Gasteiger partial charge in [-0.1, -0.05) is 13.8 Å². The molecule has 19 heavy (non-hydrogen) atoms. The van der Waals surface area contributed by atoms with Crippen LogP contribution in [0, 0.1) is 11.3 Å². The third-order valence-corrected chi connectivity index (χ3v) is 5.06. The zero-order chi connectivity index (χ0) is 14.0. The molecule has 0 radical (unpaired) electrons. The third kappa shape index (κ3) is 2.24. The number of nitrogens with zero attached hydrogens (tertiary/aromatic N) is 1. The number of carbonyl (C=O) groups excluding carboxylic acids is 2. The Morgan fingerprint density at radius 1 is 1.47 bits per heavy atom. The van der Waals surface area contributed by atoms with E-state index in [2.05, 4.69) is 5.32 Å². The Bertz CT molecular complexity index is 357. The van der Waals surface area contributed by atoms with Gasteiger partial charge < -0.3 is 16.0 Å². The van der Waals surface area contributed by atoms with Crippen LogP contribution in [0.15, 0.2) is 0 Å². The van der Waals surface area contributed by atoms with Crippen molar-refractivity contribution in [1.82, 2.24) is 10.2 Å². The maximum atomic E-state index is 12.9. The molecule has 2 heterocycles. The van der Waals surface area contributed by atoms with Crippen LogP contribution in [0.25, 0.3) is 0 Å². The van der Waals surface area contributed by atoms with Gasteiger partial charge in [0.1, 0.15) is 0 Å². The van der Waals surface area contributed by atoms with Crippen LogP contribution in [0.3, 0.4) is 0 Å². The SMILES string of the molecule is CCC(CC)(CN)C(=O)N1CCCC2C(=O)NCC21. The minimum atomic E-state index is -0.451. The Labute approximate surface area is 114 Å². The van der Waals surface area contributed by atoms with E-state index >= 15 is 0 Å². The van der Waals surface area contributed by atoms with E-state index in [0.29, 0.717) is 13.1 Å². The van der Waals surface area contributed by atoms with Crippen LogP contribution in [-0.4, -0.2) is 42.4 Å². The van der Waals surface area contributed by atoms with Crippen molar-refractivity contribution in [3.63, 3.8) is 0 Å². The fraction of sp³-hybridized carbons (Fsp3) is 0.857. The largest absolute Gasteiger partial charge is 0.354 e. The summed E-state index contributed by atoms with van der Waals surface area (Å²) in [5, 5.41) is 2.89. The molecule has 2 unspecified atom stereocenters. The molecular formula is C14H25N3O2. The first kappa shape index (κ1) is 14.3. The summed E-state index contributed by atoms with van der Waals surface area (Å²) in [6.07, 6.45) is 3.32. The van der Waals surface area contributed by atoms with Crippen molar-refractivity contribution >= 4 is 11.8 Å². The summed E-state index contributed by atoms with van der Waals surface area (Å²) < 4.78 is 0. The number of hydrogen-bond acceptors (Lipinski definition) is 3. The first-order chi connectivity index (χ1) is 9.09. The standard InChI is InChI=1S/C14H25N3O2/c1-3-14(4-2,9-15)13(19)17-7-5-6-10-11(17)8-16-12(10)18/h10-11H,3-9,15H2,1-2H3,(H,16,18). The molecule has 0 bridgehead atoms. The van der Waals surface area contributed by atoms with Gasteiger partial charge in [0.25, 0.3) is 0 Å². The zero-order valence-corrected chi connectivity index (χ0v) is 11.9. The van der Waals surface area contributed by atoms with Crippen LogP contribution < -0.4 is 11.1 Å². The summed E-state index contributed by atoms with van der Waals surface area (Å²) in [5.41, 5.74) is 5.42. The van der Waals surface area contributed by atoms with Gasteiger partial charge in [-0.3, -0.25) is 9.59 Å². The van der Waals surface area contributed by atoms with Crippen molar-refractivity contribution < 1.29 is 9.59 Å². The highest BCUT2D eigenvalue weighted by molar-refractivity contribution is 5.87. The van der Waals surface area contributed by atoms with Gasteiger partial charge in [-0.05, 0) is 25.7 Å². The van der Waals surface area contributed by atoms with Crippen molar-refractivity contribution in [3.8, 4) is 0 Å². The quantitative estimate of drug-likeness (QED) is 0.778. The van der Waals surface area contributed by atoms with E-state index < -0.39 is 5.41 Å². The lowest BCUT2D eigenvalue weighted by molar-refractivity contribution is -0.147. The summed E-state index contributed by atoms with van der Waals surface area (Å²) in [4.78, 5) is 26.6. The Morgan fingerprint density at radius 2 is 2.16 bits per heavy atom. The lowest BCUT2D eigenvalue weighted by atomic mass is 9.79. The molecule has 108 valence electrons. The number of nitrogens with one attached hydrogen (secondary N) is 1. The monoisotopic (exact) mass is 267 g/mol. The Kier molecular flexibility index (Phi) is 4.13. The summed E-state index contributed by atoms with van der Waals surface area (Å²) in [6.45, 7) is 5.79. The van der Waals surface area contributed by atoms with Gasteiger partial charge >= 0.3 is 0 Å². The normalized spacial score (nSPS) is 27.1. The summed E-state index contributed by atoms with van der Waals surface area (Å²) in [5.74, 6) is 0.238. The predicted octanol–water partition coefficient (Wildman–Crippen LogP) is 0.489. The molecular weight excluding hydrogens is 242 g/mol. The van der Waals surface area contributed by atoms with Gasteiger partial charge in [-0.15, -0.1) is 0 Å². The average Bonchev–Trinajstić information content (AvgIpc) is 2.83. The van der Waals surface area contributed by atoms with Gasteiger partial charge in [-0.25, -0.2) is 0 Å². The number of nitrogens with two attached hydrogens (primary N) is 1. The average molecular weight is 267 g/mol. The molecule has 2 saturated heterocycles. The fourth-order valence-corrected chi connectivity index (χ4v) is 3.44. The van der Waals surface area contributed by atoms with E-state index in [9.17, 15) is 9.59 Å². The van der Waals surface area contributed by atoms with E-state index in [-0.39, 0.29) is 23.8 Å². The summed E-state index contributed by atoms with van der Waals surface area (Å²) >= 11 is 0. The molecule has 2 rings (SSSR count). The van der Waals surface area contributed by atoms with Crippen molar-refractivity contribution in [2.75, 3.05) is 19.6 Å². The number of likely N-dealkylation sites (tertiary alicyclic amines) is 1. The topological polar surface area (TPSA) is 75.4 Å². The molecule has 5 heteroatoms. The Hall–Kier alpha value is -1.10. The second-order valence-corrected chi connectivity index (χ2v) is 5.75. The molecule has 0 aliphatic carbocycles. The molecule has 2 atom stereocenters. The molecule has 0 aromatic heterocycles. The summed E-state index contributed by atoms with van der Waals surface area (Å²) in [6, 6.07) is 0.0396. The van der Waals surface area contributed by atoms with Gasteiger partial charge in [0, 0.05) is 19.6 Å². The molecule has 0 aromatic carbocycles. The number of amides is 2. The summed E-state index contributed by atoms with van der Waals surface area (Å²) in [7, 11) is 0. The van der Waals surface area contributed by atoms with Crippen LogP contribution in [-0.2, 0) is 9.59 Å². The van der Waals surface area contributed by atoms with Crippen LogP contribution >= 0.6 is 0 Å². The van der Waals surface area contributed by atoms with E-state index in [1.165, 1.54) is 0 Å². The smallest absolute Gasteiger partial charge is 0.230 e. The molecule has 2 aliphatic rings. The molecule has 0 saturated carbocycles. The number of hydrogen-bond donors (Lipinski definition) is 2. The van der Waals surface area contributed by atoms with Crippen LogP contribution in [0.4, 0.5) is 0 Å². The maximum absolute atomic E-state index is 12.9. The second kappa shape index (κ2) is 5.49. The molecule has 3 N–H and O–H groups in total. The second-order valence-electron chi connectivity index (χ2n) is 5.75. The Morgan fingerprint density at radius 3 is 2.74 bits per heavy atom. The van der Waals surface area contributed by atoms with E-state index in [4.69, 9.17) is 5.73 Å². The first-order valence-corrected chi connectivity index (χ1v) is 7.38. The first-order valence-electron chi connectivity index (χ1n) is 7.38. The van der Waals surface area contributed by atoms with E-state index in [1.807, 2.05) is 18.7 Å². The van der Waals surface area contributed by atoms with E-state index in [0.717, 1.165) is 32.2 Å². The molecule has 5 nitrogen and oxygen atoms in total. The number of carbonyl (C=O) groups is 2. The van der Waals surface area contributed by atoms with Crippen LogP contribution in [0.1, 0.15) is 39.5 Å². The Balaban J connectivity index is 2.20. The van der Waals surface area contributed by atoms with Crippen molar-refractivity contribution in [2.45, 2.75) is 45.6 Å². The van der Waals surface area contributed by atoms with Gasteiger partial charge in [0.15, 0.2) is 0 Å². The minimum Gasteiger partial charge on any atom is -0.354 e. The predicted molar refractivity (Wildman–Crippen MR) is 73.3 cm³/mol. The van der Waals surface area contributed by atoms with Crippen LogP contribution in [0.5, 0.6) is 0 Å². The minimum absolute atomic E-state index is 0.0121. The van der Waals surface area contributed by atoms with Crippen LogP contribution in [0.2, 0.25) is 0 Å². The molecule has 0 spiro atoms. The van der Waals surface area contributed by atoms with Gasteiger partial charge in [-0.2, -0.15) is 0 Å². The number of rotatable bonds is 4.